The van der Waals surface area contributed by atoms with Crippen molar-refractivity contribution in [3.8, 4) is 17.2 Å². The third-order valence-electron chi connectivity index (χ3n) is 6.37. The van der Waals surface area contributed by atoms with E-state index in [-0.39, 0.29) is 12.2 Å². The first-order chi connectivity index (χ1) is 17.1. The zero-order valence-electron chi connectivity index (χ0n) is 21.7. The highest BCUT2D eigenvalue weighted by Crippen LogP contribution is 2.32. The SMILES string of the molecule is CCCCCCCCCCOc1ccc(C(=O)Oc2ccc(OC(C)C3OC3CCC)cc2)cc1. The quantitative estimate of drug-likeness (QED) is 0.0998. The zero-order chi connectivity index (χ0) is 24.9. The number of epoxide rings is 1. The largest absolute Gasteiger partial charge is 0.494 e. The predicted octanol–water partition coefficient (Wildman–Crippen LogP) is 7.76. The molecule has 5 heteroatoms. The molecule has 0 bridgehead atoms. The summed E-state index contributed by atoms with van der Waals surface area (Å²) in [5, 5.41) is 0. The molecule has 0 saturated carbocycles. The smallest absolute Gasteiger partial charge is 0.343 e. The monoisotopic (exact) mass is 482 g/mol. The first kappa shape index (κ1) is 27.1. The average Bonchev–Trinajstić information content (AvgIpc) is 3.64. The lowest BCUT2D eigenvalue weighted by Gasteiger charge is -2.13. The molecule has 3 atom stereocenters. The lowest BCUT2D eigenvalue weighted by atomic mass is 10.1. The Morgan fingerprint density at radius 1 is 0.800 bits per heavy atom. The van der Waals surface area contributed by atoms with Gasteiger partial charge in [0.15, 0.2) is 0 Å². The minimum atomic E-state index is -0.393. The van der Waals surface area contributed by atoms with Crippen LogP contribution in [0.15, 0.2) is 48.5 Å². The van der Waals surface area contributed by atoms with Crippen molar-refractivity contribution in [1.29, 1.82) is 0 Å². The van der Waals surface area contributed by atoms with Crippen molar-refractivity contribution in [3.05, 3.63) is 54.1 Å². The van der Waals surface area contributed by atoms with Crippen LogP contribution in [0.25, 0.3) is 0 Å². The van der Waals surface area contributed by atoms with Crippen LogP contribution in [0.1, 0.15) is 95.3 Å². The third kappa shape index (κ3) is 9.56. The van der Waals surface area contributed by atoms with Gasteiger partial charge in [0.25, 0.3) is 0 Å². The fourth-order valence-corrected chi connectivity index (χ4v) is 4.23. The van der Waals surface area contributed by atoms with Crippen molar-refractivity contribution in [1.82, 2.24) is 0 Å². The molecule has 1 aliphatic rings. The predicted molar refractivity (Wildman–Crippen MR) is 140 cm³/mol. The standard InChI is InChI=1S/C30H42O5/c1-4-6-7-8-9-10-11-12-22-32-25-16-14-24(15-17-25)30(31)34-27-20-18-26(19-21-27)33-23(3)29-28(35-29)13-5-2/h14-21,23,28-29H,4-13,22H2,1-3H3. The number of rotatable bonds is 17. The molecule has 1 fully saturated rings. The molecular weight excluding hydrogens is 440 g/mol. The summed E-state index contributed by atoms with van der Waals surface area (Å²) >= 11 is 0. The van der Waals surface area contributed by atoms with Crippen molar-refractivity contribution in [2.45, 2.75) is 103 Å². The van der Waals surface area contributed by atoms with E-state index >= 15 is 0 Å². The summed E-state index contributed by atoms with van der Waals surface area (Å²) in [4.78, 5) is 12.5. The van der Waals surface area contributed by atoms with E-state index in [4.69, 9.17) is 18.9 Å². The fourth-order valence-electron chi connectivity index (χ4n) is 4.23. The van der Waals surface area contributed by atoms with Gasteiger partial charge in [-0.1, -0.05) is 65.2 Å². The molecule has 3 unspecified atom stereocenters. The second-order valence-electron chi connectivity index (χ2n) is 9.46. The van der Waals surface area contributed by atoms with Crippen LogP contribution in [0.5, 0.6) is 17.2 Å². The maximum atomic E-state index is 12.5. The normalized spacial score (nSPS) is 17.6. The topological polar surface area (TPSA) is 57.3 Å². The number of unbranched alkanes of at least 4 members (excludes halogenated alkanes) is 7. The minimum Gasteiger partial charge on any atom is -0.494 e. The van der Waals surface area contributed by atoms with Crippen molar-refractivity contribution in [3.63, 3.8) is 0 Å². The second-order valence-corrected chi connectivity index (χ2v) is 9.46. The molecule has 3 rings (SSSR count). The van der Waals surface area contributed by atoms with E-state index in [9.17, 15) is 4.79 Å². The molecule has 1 aliphatic heterocycles. The number of carbonyl (C=O) groups is 1. The van der Waals surface area contributed by atoms with Gasteiger partial charge in [-0.2, -0.15) is 0 Å². The summed E-state index contributed by atoms with van der Waals surface area (Å²) in [7, 11) is 0. The lowest BCUT2D eigenvalue weighted by Crippen LogP contribution is -2.20. The third-order valence-corrected chi connectivity index (χ3v) is 6.37. The summed E-state index contributed by atoms with van der Waals surface area (Å²) in [6.07, 6.45) is 12.9. The van der Waals surface area contributed by atoms with Crippen LogP contribution in [-0.2, 0) is 4.74 Å². The van der Waals surface area contributed by atoms with Crippen LogP contribution in [0.3, 0.4) is 0 Å². The van der Waals surface area contributed by atoms with Crippen LogP contribution in [0.2, 0.25) is 0 Å². The van der Waals surface area contributed by atoms with Gasteiger partial charge in [-0.3, -0.25) is 0 Å². The Bertz CT molecular complexity index is 861. The van der Waals surface area contributed by atoms with E-state index in [1.54, 1.807) is 24.3 Å². The Labute approximate surface area is 211 Å². The van der Waals surface area contributed by atoms with Crippen molar-refractivity contribution in [2.75, 3.05) is 6.61 Å². The van der Waals surface area contributed by atoms with Crippen LogP contribution in [0.4, 0.5) is 0 Å². The molecule has 2 aromatic carbocycles. The molecule has 2 aromatic rings. The average molecular weight is 483 g/mol. The van der Waals surface area contributed by atoms with E-state index < -0.39 is 5.97 Å². The summed E-state index contributed by atoms with van der Waals surface area (Å²) in [5.74, 6) is 1.61. The van der Waals surface area contributed by atoms with Crippen LogP contribution >= 0.6 is 0 Å². The molecule has 35 heavy (non-hydrogen) atoms. The molecule has 0 spiro atoms. The van der Waals surface area contributed by atoms with Crippen LogP contribution in [0, 0.1) is 0 Å². The molecule has 1 heterocycles. The first-order valence-corrected chi connectivity index (χ1v) is 13.5. The Morgan fingerprint density at radius 3 is 2.06 bits per heavy atom. The maximum absolute atomic E-state index is 12.5. The minimum absolute atomic E-state index is 0.00349. The molecule has 192 valence electrons. The van der Waals surface area contributed by atoms with E-state index in [0.29, 0.717) is 24.0 Å². The van der Waals surface area contributed by atoms with Crippen LogP contribution < -0.4 is 14.2 Å². The second kappa shape index (κ2) is 14.8. The Balaban J connectivity index is 1.34. The van der Waals surface area contributed by atoms with Crippen molar-refractivity contribution in [2.24, 2.45) is 0 Å². The summed E-state index contributed by atoms with van der Waals surface area (Å²) in [5.41, 5.74) is 0.492. The van der Waals surface area contributed by atoms with Crippen molar-refractivity contribution >= 4 is 5.97 Å². The maximum Gasteiger partial charge on any atom is 0.343 e. The Hall–Kier alpha value is -2.53. The Morgan fingerprint density at radius 2 is 1.40 bits per heavy atom. The van der Waals surface area contributed by atoms with E-state index in [2.05, 4.69) is 13.8 Å². The van der Waals surface area contributed by atoms with Gasteiger partial charge < -0.3 is 18.9 Å². The van der Waals surface area contributed by atoms with Crippen molar-refractivity contribution < 1.29 is 23.7 Å². The number of esters is 1. The highest BCUT2D eigenvalue weighted by atomic mass is 16.6. The highest BCUT2D eigenvalue weighted by molar-refractivity contribution is 5.91. The lowest BCUT2D eigenvalue weighted by molar-refractivity contribution is 0.0734. The van der Waals surface area contributed by atoms with Gasteiger partial charge in [0, 0.05) is 0 Å². The van der Waals surface area contributed by atoms with Gasteiger partial charge in [-0.05, 0) is 68.3 Å². The number of ether oxygens (including phenoxy) is 4. The van der Waals surface area contributed by atoms with Gasteiger partial charge in [0.2, 0.25) is 0 Å². The number of benzene rings is 2. The molecule has 0 amide bonds. The summed E-state index contributed by atoms with van der Waals surface area (Å²) in [6.45, 7) is 7.14. The van der Waals surface area contributed by atoms with Gasteiger partial charge >= 0.3 is 5.97 Å². The number of hydrogen-bond acceptors (Lipinski definition) is 5. The molecule has 1 saturated heterocycles. The van der Waals surface area contributed by atoms with Gasteiger partial charge in [0.1, 0.15) is 29.5 Å². The first-order valence-electron chi connectivity index (χ1n) is 13.5. The summed E-state index contributed by atoms with van der Waals surface area (Å²) < 4.78 is 23.0. The Kier molecular flexibility index (Phi) is 11.4. The zero-order valence-corrected chi connectivity index (χ0v) is 21.7. The van der Waals surface area contributed by atoms with Gasteiger partial charge in [-0.25, -0.2) is 4.79 Å². The fraction of sp³-hybridized carbons (Fsp3) is 0.567. The highest BCUT2D eigenvalue weighted by Gasteiger charge is 2.43. The molecule has 0 aromatic heterocycles. The number of hydrogen-bond donors (Lipinski definition) is 0. The van der Waals surface area contributed by atoms with E-state index in [0.717, 1.165) is 30.8 Å². The van der Waals surface area contributed by atoms with Gasteiger partial charge in [0.05, 0.1) is 18.3 Å². The molecule has 0 N–H and O–H groups in total. The number of carbonyl (C=O) groups excluding carboxylic acids is 1. The molecule has 0 radical (unpaired) electrons. The van der Waals surface area contributed by atoms with E-state index in [1.165, 1.54) is 44.9 Å². The molecule has 0 aliphatic carbocycles. The van der Waals surface area contributed by atoms with Crippen LogP contribution in [-0.4, -0.2) is 30.9 Å². The van der Waals surface area contributed by atoms with E-state index in [1.807, 2.05) is 31.2 Å². The van der Waals surface area contributed by atoms with Gasteiger partial charge in [-0.15, -0.1) is 0 Å². The molecule has 5 nitrogen and oxygen atoms in total. The summed E-state index contributed by atoms with van der Waals surface area (Å²) in [6, 6.07) is 14.3. The molecular formula is C30H42O5.